The Morgan fingerprint density at radius 3 is 1.90 bits per heavy atom. The number of aliphatic hydroxyl groups excluding tert-OH is 1. The van der Waals surface area contributed by atoms with Crippen LogP contribution in [-0.4, -0.2) is 22.2 Å². The Balaban J connectivity index is 4.31. The highest BCUT2D eigenvalue weighted by atomic mass is 16.6. The van der Waals surface area contributed by atoms with Crippen molar-refractivity contribution in [3.63, 3.8) is 0 Å². The molecule has 0 spiro atoms. The second-order valence-corrected chi connectivity index (χ2v) is 2.35. The molecule has 0 radical (unpaired) electrons. The standard InChI is InChI=1S/C6H13NO3/c1-3-6(4-2,5-8)7(9)10/h8H,3-5H2,1-2H3. The molecule has 60 valence electrons. The molecule has 0 saturated carbocycles. The molecule has 0 aliphatic heterocycles. The summed E-state index contributed by atoms with van der Waals surface area (Å²) in [6, 6.07) is 0. The molecule has 0 aliphatic rings. The van der Waals surface area contributed by atoms with Crippen molar-refractivity contribution in [1.29, 1.82) is 0 Å². The van der Waals surface area contributed by atoms with Gasteiger partial charge in [-0.25, -0.2) is 0 Å². The van der Waals surface area contributed by atoms with Crippen LogP contribution >= 0.6 is 0 Å². The first-order chi connectivity index (χ1) is 4.63. The molecule has 0 fully saturated rings. The van der Waals surface area contributed by atoms with Gasteiger partial charge < -0.3 is 5.11 Å². The summed E-state index contributed by atoms with van der Waals surface area (Å²) in [5, 5.41) is 19.1. The first kappa shape index (κ1) is 9.36. The average molecular weight is 147 g/mol. The molecule has 0 unspecified atom stereocenters. The van der Waals surface area contributed by atoms with Gasteiger partial charge in [-0.15, -0.1) is 0 Å². The molecule has 10 heavy (non-hydrogen) atoms. The molecular formula is C6H13NO3. The molecule has 0 bridgehead atoms. The molecule has 0 aromatic carbocycles. The van der Waals surface area contributed by atoms with E-state index in [1.165, 1.54) is 0 Å². The van der Waals surface area contributed by atoms with Crippen LogP contribution in [0, 0.1) is 10.1 Å². The summed E-state index contributed by atoms with van der Waals surface area (Å²) in [5.74, 6) is 0. The van der Waals surface area contributed by atoms with E-state index in [2.05, 4.69) is 0 Å². The maximum atomic E-state index is 10.4. The van der Waals surface area contributed by atoms with Gasteiger partial charge in [-0.05, 0) is 0 Å². The lowest BCUT2D eigenvalue weighted by Gasteiger charge is -2.18. The van der Waals surface area contributed by atoms with Gasteiger partial charge in [0.25, 0.3) is 0 Å². The van der Waals surface area contributed by atoms with E-state index in [0.29, 0.717) is 12.8 Å². The lowest BCUT2D eigenvalue weighted by molar-refractivity contribution is -0.574. The van der Waals surface area contributed by atoms with Crippen molar-refractivity contribution in [2.45, 2.75) is 32.2 Å². The Kier molecular flexibility index (Phi) is 3.28. The van der Waals surface area contributed by atoms with Crippen molar-refractivity contribution in [1.82, 2.24) is 0 Å². The molecule has 4 heteroatoms. The molecule has 4 nitrogen and oxygen atoms in total. The largest absolute Gasteiger partial charge is 0.389 e. The topological polar surface area (TPSA) is 63.4 Å². The highest BCUT2D eigenvalue weighted by molar-refractivity contribution is 4.74. The maximum Gasteiger partial charge on any atom is 0.244 e. The molecular weight excluding hydrogens is 134 g/mol. The third-order valence-corrected chi connectivity index (χ3v) is 2.00. The second-order valence-electron chi connectivity index (χ2n) is 2.35. The van der Waals surface area contributed by atoms with E-state index in [-0.39, 0.29) is 6.61 Å². The number of hydrogen-bond acceptors (Lipinski definition) is 3. The second kappa shape index (κ2) is 3.51. The molecule has 0 atom stereocenters. The third kappa shape index (κ3) is 1.44. The number of hydrogen-bond donors (Lipinski definition) is 1. The van der Waals surface area contributed by atoms with Crippen LogP contribution in [0.1, 0.15) is 26.7 Å². The SMILES string of the molecule is CCC(CC)(CO)[N+](=O)[O-]. The van der Waals surface area contributed by atoms with Gasteiger partial charge in [-0.1, -0.05) is 13.8 Å². The zero-order chi connectivity index (χ0) is 8.20. The summed E-state index contributed by atoms with van der Waals surface area (Å²) >= 11 is 0. The van der Waals surface area contributed by atoms with Gasteiger partial charge in [0.15, 0.2) is 0 Å². The molecule has 1 N–H and O–H groups in total. The molecule has 0 saturated heterocycles. The fourth-order valence-electron chi connectivity index (χ4n) is 0.790. The predicted octanol–water partition coefficient (Wildman–Crippen LogP) is 0.814. The average Bonchev–Trinajstić information content (AvgIpc) is 1.92. The monoisotopic (exact) mass is 147 g/mol. The van der Waals surface area contributed by atoms with Crippen LogP contribution in [0.4, 0.5) is 0 Å². The highest BCUT2D eigenvalue weighted by Gasteiger charge is 2.37. The number of rotatable bonds is 4. The summed E-state index contributed by atoms with van der Waals surface area (Å²) < 4.78 is 0. The van der Waals surface area contributed by atoms with E-state index in [9.17, 15) is 10.1 Å². The molecule has 0 rings (SSSR count). The fraction of sp³-hybridized carbons (Fsp3) is 1.00. The first-order valence-corrected chi connectivity index (χ1v) is 3.38. The van der Waals surface area contributed by atoms with Gasteiger partial charge in [0, 0.05) is 17.8 Å². The Bertz CT molecular complexity index is 112. The normalized spacial score (nSPS) is 11.5. The molecule has 0 aromatic heterocycles. The zero-order valence-corrected chi connectivity index (χ0v) is 6.33. The minimum absolute atomic E-state index is 0.368. The van der Waals surface area contributed by atoms with Crippen LogP contribution in [0.2, 0.25) is 0 Å². The van der Waals surface area contributed by atoms with E-state index >= 15 is 0 Å². The van der Waals surface area contributed by atoms with Crippen LogP contribution in [0.3, 0.4) is 0 Å². The van der Waals surface area contributed by atoms with Gasteiger partial charge >= 0.3 is 0 Å². The van der Waals surface area contributed by atoms with Crippen molar-refractivity contribution < 1.29 is 10.0 Å². The van der Waals surface area contributed by atoms with Crippen molar-refractivity contribution in [3.05, 3.63) is 10.1 Å². The maximum absolute atomic E-state index is 10.4. The van der Waals surface area contributed by atoms with Crippen LogP contribution in [0.25, 0.3) is 0 Å². The van der Waals surface area contributed by atoms with Crippen molar-refractivity contribution in [3.8, 4) is 0 Å². The predicted molar refractivity (Wildman–Crippen MR) is 37.4 cm³/mol. The summed E-state index contributed by atoms with van der Waals surface area (Å²) in [7, 11) is 0. The lowest BCUT2D eigenvalue weighted by atomic mass is 9.95. The first-order valence-electron chi connectivity index (χ1n) is 3.38. The lowest BCUT2D eigenvalue weighted by Crippen LogP contribution is -2.40. The van der Waals surface area contributed by atoms with Gasteiger partial charge in [0.1, 0.15) is 6.61 Å². The smallest absolute Gasteiger partial charge is 0.244 e. The summed E-state index contributed by atoms with van der Waals surface area (Å²) in [6.07, 6.45) is 0.764. The summed E-state index contributed by atoms with van der Waals surface area (Å²) in [4.78, 5) is 9.96. The van der Waals surface area contributed by atoms with Gasteiger partial charge in [-0.2, -0.15) is 0 Å². The molecule has 0 heterocycles. The Morgan fingerprint density at radius 1 is 1.50 bits per heavy atom. The summed E-state index contributed by atoms with van der Waals surface area (Å²) in [5.41, 5.74) is -1.10. The van der Waals surface area contributed by atoms with Gasteiger partial charge in [-0.3, -0.25) is 10.1 Å². The van der Waals surface area contributed by atoms with Crippen LogP contribution < -0.4 is 0 Å². The minimum Gasteiger partial charge on any atom is -0.389 e. The van der Waals surface area contributed by atoms with E-state index in [4.69, 9.17) is 5.11 Å². The number of aliphatic hydroxyl groups is 1. The Hall–Kier alpha value is -0.640. The number of nitro groups is 1. The Morgan fingerprint density at radius 2 is 1.90 bits per heavy atom. The highest BCUT2D eigenvalue weighted by Crippen LogP contribution is 2.17. The molecule has 0 aliphatic carbocycles. The van der Waals surface area contributed by atoms with Crippen molar-refractivity contribution >= 4 is 0 Å². The van der Waals surface area contributed by atoms with Gasteiger partial charge in [0.05, 0.1) is 0 Å². The zero-order valence-electron chi connectivity index (χ0n) is 6.33. The minimum atomic E-state index is -1.10. The van der Waals surface area contributed by atoms with Crippen molar-refractivity contribution in [2.24, 2.45) is 0 Å². The quantitative estimate of drug-likeness (QED) is 0.473. The molecule has 0 aromatic rings. The molecule has 0 amide bonds. The van der Waals surface area contributed by atoms with Crippen LogP contribution in [-0.2, 0) is 0 Å². The van der Waals surface area contributed by atoms with E-state index in [0.717, 1.165) is 0 Å². The van der Waals surface area contributed by atoms with E-state index in [1.54, 1.807) is 13.8 Å². The summed E-state index contributed by atoms with van der Waals surface area (Å²) in [6.45, 7) is 3.05. The van der Waals surface area contributed by atoms with Crippen LogP contribution in [0.5, 0.6) is 0 Å². The third-order valence-electron chi connectivity index (χ3n) is 2.00. The number of nitrogens with zero attached hydrogens (tertiary/aromatic N) is 1. The van der Waals surface area contributed by atoms with E-state index < -0.39 is 10.5 Å². The van der Waals surface area contributed by atoms with E-state index in [1.807, 2.05) is 0 Å². The Labute approximate surface area is 60.0 Å². The fourth-order valence-corrected chi connectivity index (χ4v) is 0.790. The van der Waals surface area contributed by atoms with Gasteiger partial charge in [0.2, 0.25) is 5.54 Å². The van der Waals surface area contributed by atoms with Crippen molar-refractivity contribution in [2.75, 3.05) is 6.61 Å². The van der Waals surface area contributed by atoms with Crippen LogP contribution in [0.15, 0.2) is 0 Å².